The fraction of sp³-hybridized carbons (Fsp3) is 0.0462. The Labute approximate surface area is 385 Å². The van der Waals surface area contributed by atoms with Crippen molar-refractivity contribution >= 4 is 70.9 Å². The molecule has 1 heteroatoms. The number of hydrogen-bond donors (Lipinski definition) is 0. The number of benzene rings is 12. The average Bonchev–Trinajstić information content (AvgIpc) is 3.61. The second-order valence-corrected chi connectivity index (χ2v) is 18.4. The third-order valence-corrected chi connectivity index (χ3v) is 14.4. The quantitative estimate of drug-likeness (QED) is 0.151. The van der Waals surface area contributed by atoms with E-state index in [2.05, 4.69) is 255 Å². The van der Waals surface area contributed by atoms with Crippen molar-refractivity contribution in [2.45, 2.75) is 19.3 Å². The highest BCUT2D eigenvalue weighted by molar-refractivity contribution is 6.33. The van der Waals surface area contributed by atoms with Crippen molar-refractivity contribution in [1.29, 1.82) is 0 Å². The van der Waals surface area contributed by atoms with Crippen molar-refractivity contribution in [2.75, 3.05) is 4.90 Å². The zero-order chi connectivity index (χ0) is 43.9. The van der Waals surface area contributed by atoms with Crippen molar-refractivity contribution in [3.8, 4) is 44.5 Å². The fourth-order valence-corrected chi connectivity index (χ4v) is 11.4. The maximum atomic E-state index is 2.53. The highest BCUT2D eigenvalue weighted by Crippen LogP contribution is 2.53. The van der Waals surface area contributed by atoms with E-state index in [0.717, 1.165) is 17.1 Å². The molecule has 0 radical (unpaired) electrons. The molecule has 0 unspecified atom stereocenters. The van der Waals surface area contributed by atoms with Gasteiger partial charge >= 0.3 is 0 Å². The monoisotopic (exact) mass is 839 g/mol. The van der Waals surface area contributed by atoms with E-state index in [4.69, 9.17) is 0 Å². The fourth-order valence-electron chi connectivity index (χ4n) is 11.4. The Balaban J connectivity index is 1.16. The predicted molar refractivity (Wildman–Crippen MR) is 283 cm³/mol. The topological polar surface area (TPSA) is 3.24 Å². The lowest BCUT2D eigenvalue weighted by Gasteiger charge is -2.30. The molecule has 0 saturated heterocycles. The molecule has 12 aromatic carbocycles. The van der Waals surface area contributed by atoms with Gasteiger partial charge in [0.15, 0.2) is 0 Å². The summed E-state index contributed by atoms with van der Waals surface area (Å²) in [7, 11) is 0. The van der Waals surface area contributed by atoms with Crippen molar-refractivity contribution in [1.82, 2.24) is 0 Å². The zero-order valence-electron chi connectivity index (χ0n) is 37.0. The van der Waals surface area contributed by atoms with E-state index in [-0.39, 0.29) is 5.41 Å². The normalized spacial score (nSPS) is 12.8. The van der Waals surface area contributed by atoms with Gasteiger partial charge in [0, 0.05) is 22.2 Å². The van der Waals surface area contributed by atoms with Crippen LogP contribution in [0.2, 0.25) is 0 Å². The number of fused-ring (bicyclic) bond motifs is 12. The van der Waals surface area contributed by atoms with E-state index in [1.165, 1.54) is 109 Å². The average molecular weight is 840 g/mol. The van der Waals surface area contributed by atoms with E-state index < -0.39 is 0 Å². The molecule has 0 atom stereocenters. The van der Waals surface area contributed by atoms with E-state index in [1.54, 1.807) is 0 Å². The molecule has 0 N–H and O–H groups in total. The van der Waals surface area contributed by atoms with Crippen LogP contribution in [0.15, 0.2) is 237 Å². The summed E-state index contributed by atoms with van der Waals surface area (Å²) in [4.78, 5) is 2.53. The third-order valence-electron chi connectivity index (χ3n) is 14.4. The lowest BCUT2D eigenvalue weighted by molar-refractivity contribution is 0.660. The van der Waals surface area contributed by atoms with Gasteiger partial charge in [-0.05, 0) is 141 Å². The minimum absolute atomic E-state index is 0.154. The minimum atomic E-state index is -0.154. The Morgan fingerprint density at radius 2 is 0.818 bits per heavy atom. The molecule has 12 aromatic rings. The molecule has 0 fully saturated rings. The maximum absolute atomic E-state index is 2.53. The number of hydrogen-bond acceptors (Lipinski definition) is 1. The predicted octanol–water partition coefficient (Wildman–Crippen LogP) is 18.2. The molecule has 1 nitrogen and oxygen atoms in total. The Hall–Kier alpha value is -8.26. The van der Waals surface area contributed by atoms with Crippen LogP contribution in [-0.2, 0) is 5.41 Å². The molecule has 13 rings (SSSR count). The molecular weight excluding hydrogens is 795 g/mol. The smallest absolute Gasteiger partial charge is 0.0546 e. The highest BCUT2D eigenvalue weighted by atomic mass is 15.1. The molecule has 1 aliphatic carbocycles. The van der Waals surface area contributed by atoms with Crippen LogP contribution in [0, 0.1) is 0 Å². The van der Waals surface area contributed by atoms with Crippen LogP contribution < -0.4 is 4.90 Å². The highest BCUT2D eigenvalue weighted by Gasteiger charge is 2.36. The molecule has 0 aliphatic heterocycles. The van der Waals surface area contributed by atoms with Gasteiger partial charge in [0.05, 0.1) is 5.69 Å². The van der Waals surface area contributed by atoms with Crippen LogP contribution >= 0.6 is 0 Å². The Kier molecular flexibility index (Phi) is 8.63. The van der Waals surface area contributed by atoms with Gasteiger partial charge in [-0.1, -0.05) is 214 Å². The Morgan fingerprint density at radius 1 is 0.303 bits per heavy atom. The first-order valence-corrected chi connectivity index (χ1v) is 23.1. The van der Waals surface area contributed by atoms with Gasteiger partial charge in [0.2, 0.25) is 0 Å². The Morgan fingerprint density at radius 3 is 1.55 bits per heavy atom. The van der Waals surface area contributed by atoms with Gasteiger partial charge in [0.1, 0.15) is 0 Å². The SMILES string of the molecule is CC1(C)c2ccccc2-c2ccc(N(c3ccc4c(c3)c3ccccc3c3c(-c5ccccc5)cc(-c5ccccc5)c(-c5ccccc5)c43)c3cc4ccccc4c4ccccc34)cc21. The largest absolute Gasteiger partial charge is 0.310 e. The second-order valence-electron chi connectivity index (χ2n) is 18.4. The summed E-state index contributed by atoms with van der Waals surface area (Å²) < 4.78 is 0. The molecule has 0 aromatic heterocycles. The van der Waals surface area contributed by atoms with Crippen LogP contribution in [0.4, 0.5) is 17.1 Å². The molecule has 0 heterocycles. The van der Waals surface area contributed by atoms with E-state index >= 15 is 0 Å². The number of rotatable bonds is 6. The molecule has 1 aliphatic rings. The van der Waals surface area contributed by atoms with Crippen LogP contribution in [-0.4, -0.2) is 0 Å². The third kappa shape index (κ3) is 5.80. The van der Waals surface area contributed by atoms with Crippen LogP contribution in [0.25, 0.3) is 98.4 Å². The van der Waals surface area contributed by atoms with Gasteiger partial charge in [-0.2, -0.15) is 0 Å². The van der Waals surface area contributed by atoms with Crippen molar-refractivity contribution in [3.63, 3.8) is 0 Å². The zero-order valence-corrected chi connectivity index (χ0v) is 37.0. The molecule has 310 valence electrons. The van der Waals surface area contributed by atoms with Gasteiger partial charge in [-0.3, -0.25) is 0 Å². The molecule has 0 bridgehead atoms. The summed E-state index contributed by atoms with van der Waals surface area (Å²) in [5, 5.41) is 12.4. The summed E-state index contributed by atoms with van der Waals surface area (Å²) in [6.07, 6.45) is 0. The lowest BCUT2D eigenvalue weighted by Crippen LogP contribution is -2.16. The lowest BCUT2D eigenvalue weighted by atomic mass is 9.81. The van der Waals surface area contributed by atoms with Gasteiger partial charge in [-0.25, -0.2) is 0 Å². The summed E-state index contributed by atoms with van der Waals surface area (Å²) in [6, 6.07) is 87.9. The summed E-state index contributed by atoms with van der Waals surface area (Å²) in [5.41, 5.74) is 15.9. The first kappa shape index (κ1) is 38.2. The summed E-state index contributed by atoms with van der Waals surface area (Å²) in [5.74, 6) is 0. The van der Waals surface area contributed by atoms with Crippen LogP contribution in [0.5, 0.6) is 0 Å². The second kappa shape index (κ2) is 14.9. The van der Waals surface area contributed by atoms with Gasteiger partial charge < -0.3 is 4.90 Å². The number of nitrogens with zero attached hydrogens (tertiary/aromatic N) is 1. The van der Waals surface area contributed by atoms with Crippen LogP contribution in [0.3, 0.4) is 0 Å². The van der Waals surface area contributed by atoms with Crippen molar-refractivity contribution < 1.29 is 0 Å². The Bertz CT molecular complexity index is 3880. The molecular formula is C65H45N. The minimum Gasteiger partial charge on any atom is -0.310 e. The van der Waals surface area contributed by atoms with E-state index in [1.807, 2.05) is 0 Å². The first-order chi connectivity index (χ1) is 32.5. The van der Waals surface area contributed by atoms with Crippen molar-refractivity contribution in [2.24, 2.45) is 0 Å². The maximum Gasteiger partial charge on any atom is 0.0546 e. The van der Waals surface area contributed by atoms with Crippen molar-refractivity contribution in [3.05, 3.63) is 248 Å². The van der Waals surface area contributed by atoms with Crippen LogP contribution in [0.1, 0.15) is 25.0 Å². The number of anilines is 3. The van der Waals surface area contributed by atoms with Gasteiger partial charge in [0.25, 0.3) is 0 Å². The standard InChI is InChI=1S/C65H45N/c1-65(2)59-33-19-18-30-51(59)52-36-34-47(40-60(52)65)66(61-38-45-26-12-13-27-48(45)49-28-14-16-31-53(49)61)46-35-37-55-58(39-46)50-29-15-17-32-54(50)63-57(43-22-8-4-9-23-43)41-56(42-20-6-3-7-21-42)62(64(55)63)44-24-10-5-11-25-44/h3-41H,1-2H3. The van der Waals surface area contributed by atoms with E-state index in [0.29, 0.717) is 0 Å². The van der Waals surface area contributed by atoms with E-state index in [9.17, 15) is 0 Å². The molecule has 0 amide bonds. The summed E-state index contributed by atoms with van der Waals surface area (Å²) >= 11 is 0. The summed E-state index contributed by atoms with van der Waals surface area (Å²) in [6.45, 7) is 4.75. The van der Waals surface area contributed by atoms with Gasteiger partial charge in [-0.15, -0.1) is 0 Å². The molecule has 0 spiro atoms. The molecule has 0 saturated carbocycles. The molecule has 66 heavy (non-hydrogen) atoms. The first-order valence-electron chi connectivity index (χ1n) is 23.1.